The summed E-state index contributed by atoms with van der Waals surface area (Å²) in [6, 6.07) is 5.84. The van der Waals surface area contributed by atoms with Gasteiger partial charge in [0.25, 0.3) is 0 Å². The molecule has 0 amide bonds. The summed E-state index contributed by atoms with van der Waals surface area (Å²) in [4.78, 5) is 23.3. The number of carbonyl (C=O) groups excluding carboxylic acids is 2. The number of hydrogen-bond acceptors (Lipinski definition) is 7. The Morgan fingerprint density at radius 3 is 2.11 bits per heavy atom. The lowest BCUT2D eigenvalue weighted by Crippen LogP contribution is -2.24. The lowest BCUT2D eigenvalue weighted by molar-refractivity contribution is -0.154. The molecule has 0 atom stereocenters. The Kier molecular flexibility index (Phi) is 5.19. The fourth-order valence-corrected chi connectivity index (χ4v) is 1.81. The van der Waals surface area contributed by atoms with Crippen LogP contribution in [-0.4, -0.2) is 34.6 Å². The van der Waals surface area contributed by atoms with Gasteiger partial charge in [-0.2, -0.15) is 8.42 Å². The molecule has 0 N–H and O–H groups in total. The molecule has 0 spiro atoms. The van der Waals surface area contributed by atoms with E-state index in [2.05, 4.69) is 13.8 Å². The van der Waals surface area contributed by atoms with Crippen molar-refractivity contribution in [1.29, 1.82) is 0 Å². The summed E-state index contributed by atoms with van der Waals surface area (Å²) < 4.78 is 33.6. The predicted molar refractivity (Wildman–Crippen MR) is 64.2 cm³/mol. The Balaban J connectivity index is 3.42. The van der Waals surface area contributed by atoms with Crippen LogP contribution in [-0.2, 0) is 29.6 Å². The van der Waals surface area contributed by atoms with Gasteiger partial charge in [0.05, 0.1) is 19.9 Å². The highest BCUT2D eigenvalue weighted by molar-refractivity contribution is 7.61. The molecule has 0 unspecified atom stereocenters. The van der Waals surface area contributed by atoms with Crippen LogP contribution in [0.15, 0.2) is 28.6 Å². The molecule has 0 bridgehead atoms. The zero-order chi connectivity index (χ0) is 14.4. The standard InChI is InChI=1S/C11H11NO6S/c1-17-10(13)9(11(14)18-2)7-5-3-4-6-8(7)12-19(15)16/h3-6,9H,1-2H3. The van der Waals surface area contributed by atoms with Crippen molar-refractivity contribution in [3.63, 3.8) is 0 Å². The van der Waals surface area contributed by atoms with Gasteiger partial charge in [0.2, 0.25) is 0 Å². The van der Waals surface area contributed by atoms with Crippen molar-refractivity contribution in [3.05, 3.63) is 29.8 Å². The summed E-state index contributed by atoms with van der Waals surface area (Å²) in [6.07, 6.45) is 0. The van der Waals surface area contributed by atoms with Crippen LogP contribution >= 0.6 is 0 Å². The molecule has 0 radical (unpaired) electrons. The minimum Gasteiger partial charge on any atom is -0.468 e. The van der Waals surface area contributed by atoms with Crippen molar-refractivity contribution in [2.45, 2.75) is 5.92 Å². The van der Waals surface area contributed by atoms with Crippen molar-refractivity contribution < 1.29 is 27.5 Å². The first-order valence-electron chi connectivity index (χ1n) is 5.07. The van der Waals surface area contributed by atoms with E-state index >= 15 is 0 Å². The lowest BCUT2D eigenvalue weighted by atomic mass is 9.97. The van der Waals surface area contributed by atoms with Gasteiger partial charge in [0, 0.05) is 5.56 Å². The Hall–Kier alpha value is -2.22. The Bertz CT molecular complexity index is 598. The number of esters is 2. The summed E-state index contributed by atoms with van der Waals surface area (Å²) >= 11 is 0. The second-order valence-electron chi connectivity index (χ2n) is 3.35. The average Bonchev–Trinajstić information content (AvgIpc) is 2.39. The van der Waals surface area contributed by atoms with E-state index in [0.717, 1.165) is 14.2 Å². The SMILES string of the molecule is COC(=O)C(C(=O)OC)c1ccccc1N=S(=O)=O. The van der Waals surface area contributed by atoms with E-state index in [1.165, 1.54) is 18.2 Å². The van der Waals surface area contributed by atoms with E-state index in [1.807, 2.05) is 0 Å². The third-order valence-corrected chi connectivity index (χ3v) is 2.64. The van der Waals surface area contributed by atoms with E-state index in [9.17, 15) is 18.0 Å². The van der Waals surface area contributed by atoms with Crippen LogP contribution in [0.25, 0.3) is 0 Å². The molecule has 0 aromatic heterocycles. The fraction of sp³-hybridized carbons (Fsp3) is 0.273. The molecule has 0 saturated heterocycles. The quantitative estimate of drug-likeness (QED) is 0.599. The second-order valence-corrected chi connectivity index (χ2v) is 3.96. The molecule has 7 nitrogen and oxygen atoms in total. The van der Waals surface area contributed by atoms with Crippen molar-refractivity contribution in [3.8, 4) is 0 Å². The maximum Gasteiger partial charge on any atom is 0.324 e. The van der Waals surface area contributed by atoms with Gasteiger partial charge in [-0.25, -0.2) is 0 Å². The van der Waals surface area contributed by atoms with Gasteiger partial charge in [-0.1, -0.05) is 18.2 Å². The van der Waals surface area contributed by atoms with Crippen LogP contribution in [0.5, 0.6) is 0 Å². The highest BCUT2D eigenvalue weighted by Crippen LogP contribution is 2.28. The van der Waals surface area contributed by atoms with Crippen molar-refractivity contribution in [1.82, 2.24) is 0 Å². The summed E-state index contributed by atoms with van der Waals surface area (Å²) in [5.41, 5.74) is 0.0852. The van der Waals surface area contributed by atoms with Crippen molar-refractivity contribution in [2.24, 2.45) is 4.36 Å². The summed E-state index contributed by atoms with van der Waals surface area (Å²) in [5.74, 6) is -3.09. The average molecular weight is 285 g/mol. The molecule has 102 valence electrons. The molecule has 0 heterocycles. The van der Waals surface area contributed by atoms with Crippen LogP contribution in [0.4, 0.5) is 5.69 Å². The number of rotatable bonds is 4. The normalized spacial score (nSPS) is 9.84. The van der Waals surface area contributed by atoms with E-state index in [-0.39, 0.29) is 11.3 Å². The van der Waals surface area contributed by atoms with Crippen LogP contribution < -0.4 is 0 Å². The van der Waals surface area contributed by atoms with Crippen molar-refractivity contribution >= 4 is 28.1 Å². The number of benzene rings is 1. The van der Waals surface area contributed by atoms with E-state index < -0.39 is 28.4 Å². The highest BCUT2D eigenvalue weighted by atomic mass is 32.2. The molecule has 8 heteroatoms. The Labute approximate surface area is 110 Å². The summed E-state index contributed by atoms with van der Waals surface area (Å²) in [5, 5.41) is 0. The first-order valence-corrected chi connectivity index (χ1v) is 6.10. The van der Waals surface area contributed by atoms with Gasteiger partial charge in [-0.15, -0.1) is 4.36 Å². The second kappa shape index (κ2) is 6.64. The van der Waals surface area contributed by atoms with E-state index in [4.69, 9.17) is 0 Å². The van der Waals surface area contributed by atoms with Gasteiger partial charge in [0.1, 0.15) is 0 Å². The van der Waals surface area contributed by atoms with Gasteiger partial charge < -0.3 is 9.47 Å². The fourth-order valence-electron chi connectivity index (χ4n) is 1.48. The van der Waals surface area contributed by atoms with Crippen molar-refractivity contribution in [2.75, 3.05) is 14.2 Å². The van der Waals surface area contributed by atoms with Gasteiger partial charge in [-0.3, -0.25) is 9.59 Å². The maximum atomic E-state index is 11.6. The van der Waals surface area contributed by atoms with Crippen LogP contribution in [0.3, 0.4) is 0 Å². The van der Waals surface area contributed by atoms with Gasteiger partial charge in [0.15, 0.2) is 5.92 Å². The molecule has 0 aliphatic heterocycles. The highest BCUT2D eigenvalue weighted by Gasteiger charge is 2.32. The number of ether oxygens (including phenoxy) is 2. The smallest absolute Gasteiger partial charge is 0.324 e. The molecule has 1 aromatic carbocycles. The zero-order valence-corrected chi connectivity index (χ0v) is 11.0. The molecule has 0 aliphatic rings. The molecule has 1 rings (SSSR count). The molecule has 0 fully saturated rings. The molecule has 1 aromatic rings. The third-order valence-electron chi connectivity index (χ3n) is 2.29. The summed E-state index contributed by atoms with van der Waals surface area (Å²) in [6.45, 7) is 0. The zero-order valence-electron chi connectivity index (χ0n) is 10.2. The number of carbonyl (C=O) groups is 2. The molecular formula is C11H11NO6S. The van der Waals surface area contributed by atoms with Gasteiger partial charge >= 0.3 is 22.4 Å². The molecule has 0 saturated carbocycles. The third kappa shape index (κ3) is 3.62. The minimum atomic E-state index is -2.70. The molecule has 19 heavy (non-hydrogen) atoms. The van der Waals surface area contributed by atoms with Gasteiger partial charge in [-0.05, 0) is 6.07 Å². The number of nitrogens with zero attached hydrogens (tertiary/aromatic N) is 1. The monoisotopic (exact) mass is 285 g/mol. The van der Waals surface area contributed by atoms with Crippen LogP contribution in [0.1, 0.15) is 11.5 Å². The first kappa shape index (κ1) is 14.8. The minimum absolute atomic E-state index is 0.0170. The predicted octanol–water partition coefficient (Wildman–Crippen LogP) is 0.810. The van der Waals surface area contributed by atoms with Crippen LogP contribution in [0.2, 0.25) is 0 Å². The first-order chi connectivity index (χ1) is 9.01. The van der Waals surface area contributed by atoms with Crippen LogP contribution in [0, 0.1) is 0 Å². The molecule has 0 aliphatic carbocycles. The topological polar surface area (TPSA) is 99.1 Å². The van der Waals surface area contributed by atoms with E-state index in [0.29, 0.717) is 0 Å². The number of methoxy groups -OCH3 is 2. The largest absolute Gasteiger partial charge is 0.468 e. The maximum absolute atomic E-state index is 11.6. The lowest BCUT2D eigenvalue weighted by Gasteiger charge is -2.13. The summed E-state index contributed by atoms with van der Waals surface area (Å²) in [7, 11) is -0.473. The Morgan fingerprint density at radius 1 is 1.11 bits per heavy atom. The number of hydrogen-bond donors (Lipinski definition) is 0. The molecular weight excluding hydrogens is 274 g/mol. The van der Waals surface area contributed by atoms with E-state index in [1.54, 1.807) is 6.07 Å². The Morgan fingerprint density at radius 2 is 1.63 bits per heavy atom.